The molecule has 2 saturated heterocycles. The second-order valence-electron chi connectivity index (χ2n) is 10.0. The van der Waals surface area contributed by atoms with Crippen molar-refractivity contribution in [3.63, 3.8) is 0 Å². The number of nitrogens with zero attached hydrogens (tertiary/aromatic N) is 4. The van der Waals surface area contributed by atoms with E-state index in [-0.39, 0.29) is 5.82 Å². The van der Waals surface area contributed by atoms with Crippen LogP contribution < -0.4 is 9.64 Å². The zero-order valence-corrected chi connectivity index (χ0v) is 20.2. The number of likely N-dealkylation sites (tertiary alicyclic amines) is 1. The molecule has 184 valence electrons. The Labute approximate surface area is 208 Å². The Morgan fingerprint density at radius 3 is 2.89 bits per heavy atom. The molecule has 6 bridgehead atoms. The predicted octanol–water partition coefficient (Wildman–Crippen LogP) is 4.62. The maximum Gasteiger partial charge on any atom is 0.143 e. The van der Waals surface area contributed by atoms with Gasteiger partial charge in [-0.3, -0.25) is 15.0 Å². The molecule has 3 aliphatic heterocycles. The third-order valence-electron chi connectivity index (χ3n) is 7.81. The fourth-order valence-electron chi connectivity index (χ4n) is 5.95. The Bertz CT molecular complexity index is 1450. The van der Waals surface area contributed by atoms with Crippen molar-refractivity contribution in [3.05, 3.63) is 60.0 Å². The van der Waals surface area contributed by atoms with E-state index in [0.717, 1.165) is 58.7 Å². The average Bonchev–Trinajstić information content (AvgIpc) is 3.59. The number of likely N-dealkylation sites (N-methyl/N-ethyl adjacent to an activating group) is 1. The number of anilines is 1. The number of aromatic amines is 1. The Morgan fingerprint density at radius 2 is 2.03 bits per heavy atom. The normalized spacial score (nSPS) is 21.9. The first-order valence-electron chi connectivity index (χ1n) is 12.6. The number of hydrogen-bond donors (Lipinski definition) is 1. The van der Waals surface area contributed by atoms with Crippen LogP contribution in [-0.2, 0) is 11.3 Å². The van der Waals surface area contributed by atoms with Gasteiger partial charge in [0.15, 0.2) is 0 Å². The Morgan fingerprint density at radius 1 is 1.08 bits per heavy atom. The van der Waals surface area contributed by atoms with Gasteiger partial charge < -0.3 is 14.4 Å². The molecular formula is C28H28FN5O2. The van der Waals surface area contributed by atoms with Crippen LogP contribution in [0.15, 0.2) is 48.7 Å². The molecule has 2 fully saturated rings. The van der Waals surface area contributed by atoms with E-state index in [1.54, 1.807) is 12.3 Å². The molecule has 7 rings (SSSR count). The standard InChI is InChI=1S/C28H28FN5O2/c1-33-14-20-11-19(33)15-34(20)25-7-6-17-10-26(25)36-9-3-8-35-16-18-4-2-5-22(29)27(18)23-12-21-24(13-30-23)31-32-28(17)21/h2,4-7,10,12-13,19-20H,3,8-9,11,14-16H2,1H3,(H,31,32)/t19-,20-/m1/s1. The van der Waals surface area contributed by atoms with Gasteiger partial charge >= 0.3 is 0 Å². The van der Waals surface area contributed by atoms with Gasteiger partial charge in [0.1, 0.15) is 17.3 Å². The Hall–Kier alpha value is -3.49. The molecule has 2 atom stereocenters. The second-order valence-corrected chi connectivity index (χ2v) is 10.0. The highest BCUT2D eigenvalue weighted by atomic mass is 19.1. The van der Waals surface area contributed by atoms with Crippen molar-refractivity contribution in [2.45, 2.75) is 31.5 Å². The van der Waals surface area contributed by atoms with E-state index < -0.39 is 0 Å². The van der Waals surface area contributed by atoms with Crippen LogP contribution in [0, 0.1) is 5.82 Å². The Balaban J connectivity index is 1.35. The first-order chi connectivity index (χ1) is 17.7. The van der Waals surface area contributed by atoms with Gasteiger partial charge in [0.25, 0.3) is 0 Å². The van der Waals surface area contributed by atoms with Crippen molar-refractivity contribution < 1.29 is 13.9 Å². The molecule has 36 heavy (non-hydrogen) atoms. The monoisotopic (exact) mass is 485 g/mol. The summed E-state index contributed by atoms with van der Waals surface area (Å²) in [6.07, 6.45) is 3.66. The maximum absolute atomic E-state index is 15.0. The lowest BCUT2D eigenvalue weighted by atomic mass is 10.0. The summed E-state index contributed by atoms with van der Waals surface area (Å²) in [4.78, 5) is 9.51. The highest BCUT2D eigenvalue weighted by molar-refractivity contribution is 5.95. The molecule has 0 spiro atoms. The molecular weight excluding hydrogens is 457 g/mol. The Kier molecular flexibility index (Phi) is 5.18. The zero-order chi connectivity index (χ0) is 24.2. The van der Waals surface area contributed by atoms with Crippen LogP contribution in [0.25, 0.3) is 33.4 Å². The maximum atomic E-state index is 15.0. The minimum Gasteiger partial charge on any atom is -0.491 e. The minimum absolute atomic E-state index is 0.308. The predicted molar refractivity (Wildman–Crippen MR) is 137 cm³/mol. The van der Waals surface area contributed by atoms with Crippen LogP contribution in [0.4, 0.5) is 10.1 Å². The van der Waals surface area contributed by atoms with Gasteiger partial charge in [0, 0.05) is 48.1 Å². The van der Waals surface area contributed by atoms with Crippen LogP contribution in [0.5, 0.6) is 5.75 Å². The van der Waals surface area contributed by atoms with Crippen LogP contribution in [0.3, 0.4) is 0 Å². The van der Waals surface area contributed by atoms with Crippen molar-refractivity contribution in [3.8, 4) is 28.3 Å². The highest BCUT2D eigenvalue weighted by Gasteiger charge is 2.42. The van der Waals surface area contributed by atoms with Gasteiger partial charge in [0.2, 0.25) is 0 Å². The minimum atomic E-state index is -0.308. The van der Waals surface area contributed by atoms with Gasteiger partial charge in [0.05, 0.1) is 42.9 Å². The van der Waals surface area contributed by atoms with E-state index in [0.29, 0.717) is 43.2 Å². The molecule has 4 aromatic rings. The molecule has 0 aliphatic carbocycles. The smallest absolute Gasteiger partial charge is 0.143 e. The van der Waals surface area contributed by atoms with Gasteiger partial charge in [-0.1, -0.05) is 18.2 Å². The molecule has 2 aromatic heterocycles. The number of H-pyrrole nitrogens is 1. The van der Waals surface area contributed by atoms with Crippen LogP contribution in [0.1, 0.15) is 18.4 Å². The number of ether oxygens (including phenoxy) is 2. The van der Waals surface area contributed by atoms with Gasteiger partial charge in [-0.15, -0.1) is 0 Å². The van der Waals surface area contributed by atoms with Gasteiger partial charge in [-0.25, -0.2) is 4.39 Å². The van der Waals surface area contributed by atoms with Crippen LogP contribution >= 0.6 is 0 Å². The molecule has 5 heterocycles. The van der Waals surface area contributed by atoms with Crippen molar-refractivity contribution in [1.29, 1.82) is 0 Å². The third kappa shape index (κ3) is 3.55. The van der Waals surface area contributed by atoms with Crippen LogP contribution in [0.2, 0.25) is 0 Å². The summed E-state index contributed by atoms with van der Waals surface area (Å²) in [5.41, 5.74) is 5.53. The molecule has 0 unspecified atom stereocenters. The molecule has 0 saturated carbocycles. The lowest BCUT2D eigenvalue weighted by Gasteiger charge is -2.34. The summed E-state index contributed by atoms with van der Waals surface area (Å²) in [5, 5.41) is 8.60. The molecule has 2 aromatic carbocycles. The number of nitrogens with one attached hydrogen (secondary N) is 1. The largest absolute Gasteiger partial charge is 0.491 e. The first-order valence-corrected chi connectivity index (χ1v) is 12.6. The quantitative estimate of drug-likeness (QED) is 0.424. The number of rotatable bonds is 1. The number of benzene rings is 2. The van der Waals surface area contributed by atoms with E-state index in [4.69, 9.17) is 9.47 Å². The number of aromatic nitrogens is 3. The number of hydrogen-bond acceptors (Lipinski definition) is 6. The molecule has 0 amide bonds. The summed E-state index contributed by atoms with van der Waals surface area (Å²) in [6, 6.07) is 14.5. The molecule has 0 radical (unpaired) electrons. The summed E-state index contributed by atoms with van der Waals surface area (Å²) in [7, 11) is 2.21. The van der Waals surface area contributed by atoms with Gasteiger partial charge in [-0.2, -0.15) is 5.10 Å². The summed E-state index contributed by atoms with van der Waals surface area (Å²) in [6.45, 7) is 3.48. The lowest BCUT2D eigenvalue weighted by Crippen LogP contribution is -2.44. The van der Waals surface area contributed by atoms with Crippen molar-refractivity contribution in [1.82, 2.24) is 20.1 Å². The number of piperazine rings is 1. The van der Waals surface area contributed by atoms with E-state index in [9.17, 15) is 0 Å². The average molecular weight is 486 g/mol. The summed E-state index contributed by atoms with van der Waals surface area (Å²) < 4.78 is 27.3. The van der Waals surface area contributed by atoms with E-state index in [2.05, 4.69) is 50.2 Å². The fourth-order valence-corrected chi connectivity index (χ4v) is 5.95. The highest BCUT2D eigenvalue weighted by Crippen LogP contribution is 2.41. The molecule has 7 nitrogen and oxygen atoms in total. The van der Waals surface area contributed by atoms with Crippen LogP contribution in [-0.4, -0.2) is 65.5 Å². The number of halogens is 1. The summed E-state index contributed by atoms with van der Waals surface area (Å²) in [5.74, 6) is 0.565. The zero-order valence-electron chi connectivity index (χ0n) is 20.2. The SMILES string of the molecule is CN1C[C@H]2C[C@@H]1CN2c1ccc2cc1OCCCOCc1cccc(F)c1-c1cc3c-2n[nH]c3cn1. The number of fused-ring (bicyclic) bond motifs is 8. The first kappa shape index (κ1) is 21.8. The molecule has 8 heteroatoms. The number of pyridine rings is 1. The van der Waals surface area contributed by atoms with Crippen molar-refractivity contribution in [2.24, 2.45) is 0 Å². The van der Waals surface area contributed by atoms with Gasteiger partial charge in [-0.05, 0) is 43.3 Å². The van der Waals surface area contributed by atoms with Crippen molar-refractivity contribution >= 4 is 16.6 Å². The summed E-state index contributed by atoms with van der Waals surface area (Å²) >= 11 is 0. The van der Waals surface area contributed by atoms with Crippen molar-refractivity contribution in [2.75, 3.05) is 38.3 Å². The third-order valence-corrected chi connectivity index (χ3v) is 7.81. The van der Waals surface area contributed by atoms with E-state index >= 15 is 4.39 Å². The lowest BCUT2D eigenvalue weighted by molar-refractivity contribution is 0.107. The van der Waals surface area contributed by atoms with E-state index in [1.807, 2.05) is 12.1 Å². The fraction of sp³-hybridized carbons (Fsp3) is 0.357. The topological polar surface area (TPSA) is 66.5 Å². The second kappa shape index (κ2) is 8.57. The molecule has 3 aliphatic rings. The molecule has 1 N–H and O–H groups in total. The van der Waals surface area contributed by atoms with E-state index in [1.165, 1.54) is 12.5 Å².